The number of guanidine groups is 1. The van der Waals surface area contributed by atoms with E-state index < -0.39 is 0 Å². The molecule has 25 heavy (non-hydrogen) atoms. The molecule has 6 heteroatoms. The fourth-order valence-electron chi connectivity index (χ4n) is 2.98. The molecule has 1 aliphatic rings. The molecule has 1 aromatic carbocycles. The molecule has 1 fully saturated rings. The number of nitrogens with zero attached hydrogens (tertiary/aromatic N) is 3. The summed E-state index contributed by atoms with van der Waals surface area (Å²) >= 11 is 0. The molecule has 140 valence electrons. The van der Waals surface area contributed by atoms with Crippen molar-refractivity contribution in [2.75, 3.05) is 66.1 Å². The van der Waals surface area contributed by atoms with Crippen LogP contribution in [0, 0.1) is 5.92 Å². The van der Waals surface area contributed by atoms with Crippen molar-refractivity contribution in [2.24, 2.45) is 10.9 Å². The summed E-state index contributed by atoms with van der Waals surface area (Å²) in [7, 11) is 7.65. The molecule has 0 aliphatic carbocycles. The monoisotopic (exact) mass is 348 g/mol. The maximum atomic E-state index is 5.66. The third kappa shape index (κ3) is 6.21. The number of hydrogen-bond acceptors (Lipinski definition) is 4. The summed E-state index contributed by atoms with van der Waals surface area (Å²) in [5.41, 5.74) is 2.47. The molecular weight excluding hydrogens is 316 g/mol. The van der Waals surface area contributed by atoms with Crippen LogP contribution < -0.4 is 10.2 Å². The van der Waals surface area contributed by atoms with Crippen LogP contribution in [0.15, 0.2) is 29.3 Å². The van der Waals surface area contributed by atoms with Crippen LogP contribution in [0.3, 0.4) is 0 Å². The van der Waals surface area contributed by atoms with E-state index >= 15 is 0 Å². The zero-order valence-corrected chi connectivity index (χ0v) is 16.0. The van der Waals surface area contributed by atoms with Crippen molar-refractivity contribution in [1.82, 2.24) is 10.2 Å². The molecular formula is C19H32N4O2. The molecule has 0 spiro atoms. The predicted octanol–water partition coefficient (Wildman–Crippen LogP) is 1.81. The molecule has 1 saturated heterocycles. The number of nitrogens with one attached hydrogen (secondary N) is 1. The number of aliphatic imine (C=N–C) groups is 1. The van der Waals surface area contributed by atoms with Crippen LogP contribution in [0.5, 0.6) is 0 Å². The molecule has 0 radical (unpaired) electrons. The Bertz CT molecular complexity index is 531. The van der Waals surface area contributed by atoms with Crippen molar-refractivity contribution >= 4 is 11.6 Å². The smallest absolute Gasteiger partial charge is 0.193 e. The summed E-state index contributed by atoms with van der Waals surface area (Å²) in [6.45, 7) is 4.92. The highest BCUT2D eigenvalue weighted by Gasteiger charge is 2.24. The predicted molar refractivity (Wildman–Crippen MR) is 103 cm³/mol. The number of benzene rings is 1. The Balaban J connectivity index is 1.77. The molecule has 0 bridgehead atoms. The molecule has 1 aliphatic heterocycles. The van der Waals surface area contributed by atoms with Gasteiger partial charge in [-0.15, -0.1) is 0 Å². The van der Waals surface area contributed by atoms with Gasteiger partial charge < -0.3 is 24.6 Å². The van der Waals surface area contributed by atoms with Gasteiger partial charge in [-0.2, -0.15) is 0 Å². The lowest BCUT2D eigenvalue weighted by molar-refractivity contribution is 0.0536. The van der Waals surface area contributed by atoms with Crippen LogP contribution in [0.25, 0.3) is 0 Å². The Morgan fingerprint density at radius 1 is 1.28 bits per heavy atom. The molecule has 1 atom stereocenters. The molecule has 0 aromatic heterocycles. The first-order valence-electron chi connectivity index (χ1n) is 8.92. The van der Waals surface area contributed by atoms with Crippen LogP contribution in [-0.2, 0) is 16.0 Å². The second-order valence-electron chi connectivity index (χ2n) is 6.63. The summed E-state index contributed by atoms with van der Waals surface area (Å²) in [5.74, 6) is 1.53. The van der Waals surface area contributed by atoms with Crippen LogP contribution in [0.2, 0.25) is 0 Å². The van der Waals surface area contributed by atoms with E-state index in [-0.39, 0.29) is 0 Å². The Kier molecular flexibility index (Phi) is 8.01. The fraction of sp³-hybridized carbons (Fsp3) is 0.632. The SMILES string of the molecule is CN=C(NCc1ccc(N(C)C)cc1)N1CCC(COCCOC)C1. The Labute approximate surface area is 151 Å². The molecule has 2 rings (SSSR count). The first kappa shape index (κ1) is 19.5. The number of anilines is 1. The molecule has 0 saturated carbocycles. The van der Waals surface area contributed by atoms with Gasteiger partial charge in [-0.1, -0.05) is 12.1 Å². The zero-order chi connectivity index (χ0) is 18.1. The van der Waals surface area contributed by atoms with Gasteiger partial charge in [0.1, 0.15) is 0 Å². The first-order chi connectivity index (χ1) is 12.1. The van der Waals surface area contributed by atoms with E-state index in [4.69, 9.17) is 9.47 Å². The minimum absolute atomic E-state index is 0.565. The lowest BCUT2D eigenvalue weighted by Gasteiger charge is -2.22. The third-order valence-electron chi connectivity index (χ3n) is 4.49. The third-order valence-corrected chi connectivity index (χ3v) is 4.49. The molecule has 0 amide bonds. The summed E-state index contributed by atoms with van der Waals surface area (Å²) in [5, 5.41) is 3.47. The largest absolute Gasteiger partial charge is 0.382 e. The van der Waals surface area contributed by atoms with Crippen LogP contribution in [0.4, 0.5) is 5.69 Å². The normalized spacial score (nSPS) is 17.8. The van der Waals surface area contributed by atoms with Gasteiger partial charge in [0, 0.05) is 59.5 Å². The first-order valence-corrected chi connectivity index (χ1v) is 8.92. The minimum Gasteiger partial charge on any atom is -0.382 e. The van der Waals surface area contributed by atoms with E-state index in [0.29, 0.717) is 19.1 Å². The number of likely N-dealkylation sites (tertiary alicyclic amines) is 1. The van der Waals surface area contributed by atoms with Crippen LogP contribution in [-0.4, -0.2) is 72.0 Å². The van der Waals surface area contributed by atoms with Crippen molar-refractivity contribution in [3.63, 3.8) is 0 Å². The van der Waals surface area contributed by atoms with Gasteiger partial charge in [-0.3, -0.25) is 4.99 Å². The van der Waals surface area contributed by atoms with Gasteiger partial charge in [0.15, 0.2) is 5.96 Å². The van der Waals surface area contributed by atoms with E-state index in [1.54, 1.807) is 7.11 Å². The van der Waals surface area contributed by atoms with Gasteiger partial charge in [0.2, 0.25) is 0 Å². The van der Waals surface area contributed by atoms with Gasteiger partial charge >= 0.3 is 0 Å². The number of ether oxygens (including phenoxy) is 2. The standard InChI is InChI=1S/C19H32N4O2/c1-20-19(21-13-16-5-7-18(8-6-16)22(2)3)23-10-9-17(14-23)15-25-12-11-24-4/h5-8,17H,9-15H2,1-4H3,(H,20,21). The average molecular weight is 348 g/mol. The number of methoxy groups -OCH3 is 1. The van der Waals surface area contributed by atoms with E-state index in [0.717, 1.165) is 38.6 Å². The molecule has 6 nitrogen and oxygen atoms in total. The summed E-state index contributed by atoms with van der Waals surface area (Å²) in [6.07, 6.45) is 1.14. The minimum atomic E-state index is 0.565. The number of rotatable bonds is 8. The van der Waals surface area contributed by atoms with Crippen LogP contribution >= 0.6 is 0 Å². The van der Waals surface area contributed by atoms with Crippen molar-refractivity contribution < 1.29 is 9.47 Å². The summed E-state index contributed by atoms with van der Waals surface area (Å²) in [4.78, 5) is 8.86. The van der Waals surface area contributed by atoms with Crippen molar-refractivity contribution in [3.05, 3.63) is 29.8 Å². The lowest BCUT2D eigenvalue weighted by atomic mass is 10.1. The lowest BCUT2D eigenvalue weighted by Crippen LogP contribution is -2.39. The Morgan fingerprint density at radius 3 is 2.68 bits per heavy atom. The van der Waals surface area contributed by atoms with Crippen molar-refractivity contribution in [1.29, 1.82) is 0 Å². The molecule has 1 heterocycles. The zero-order valence-electron chi connectivity index (χ0n) is 16.0. The highest BCUT2D eigenvalue weighted by atomic mass is 16.5. The quantitative estimate of drug-likeness (QED) is 0.441. The molecule has 1 unspecified atom stereocenters. The second-order valence-corrected chi connectivity index (χ2v) is 6.63. The molecule has 1 aromatic rings. The summed E-state index contributed by atoms with van der Waals surface area (Å²) < 4.78 is 10.7. The highest BCUT2D eigenvalue weighted by Crippen LogP contribution is 2.17. The van der Waals surface area contributed by atoms with Gasteiger partial charge in [-0.05, 0) is 24.1 Å². The Hall–Kier alpha value is -1.79. The van der Waals surface area contributed by atoms with Crippen LogP contribution in [0.1, 0.15) is 12.0 Å². The van der Waals surface area contributed by atoms with Gasteiger partial charge in [0.25, 0.3) is 0 Å². The van der Waals surface area contributed by atoms with Crippen molar-refractivity contribution in [2.45, 2.75) is 13.0 Å². The fourth-order valence-corrected chi connectivity index (χ4v) is 2.98. The van der Waals surface area contributed by atoms with E-state index in [1.807, 2.05) is 7.05 Å². The maximum Gasteiger partial charge on any atom is 0.193 e. The van der Waals surface area contributed by atoms with Gasteiger partial charge in [-0.25, -0.2) is 0 Å². The summed E-state index contributed by atoms with van der Waals surface area (Å²) in [6, 6.07) is 8.60. The number of hydrogen-bond donors (Lipinski definition) is 1. The van der Waals surface area contributed by atoms with E-state index in [2.05, 4.69) is 58.5 Å². The maximum absolute atomic E-state index is 5.66. The highest BCUT2D eigenvalue weighted by molar-refractivity contribution is 5.80. The van der Waals surface area contributed by atoms with Gasteiger partial charge in [0.05, 0.1) is 19.8 Å². The van der Waals surface area contributed by atoms with Crippen molar-refractivity contribution in [3.8, 4) is 0 Å². The molecule has 1 N–H and O–H groups in total. The topological polar surface area (TPSA) is 49.3 Å². The van der Waals surface area contributed by atoms with E-state index in [1.165, 1.54) is 11.3 Å². The van der Waals surface area contributed by atoms with E-state index in [9.17, 15) is 0 Å². The average Bonchev–Trinajstić information content (AvgIpc) is 3.08. The Morgan fingerprint density at radius 2 is 2.04 bits per heavy atom. The second kappa shape index (κ2) is 10.3.